The molecule has 0 amide bonds. The van der Waals surface area contributed by atoms with E-state index < -0.39 is 0 Å². The highest BCUT2D eigenvalue weighted by molar-refractivity contribution is 7.99. The number of hydrogen-bond acceptors (Lipinski definition) is 4. The molecule has 0 spiro atoms. The van der Waals surface area contributed by atoms with Gasteiger partial charge in [-0.2, -0.15) is 0 Å². The zero-order valence-corrected chi connectivity index (χ0v) is 11.1. The maximum atomic E-state index is 9.78. The van der Waals surface area contributed by atoms with Gasteiger partial charge < -0.3 is 15.2 Å². The molecular weight excluding hydrogens is 270 g/mol. The second kappa shape index (κ2) is 4.30. The Kier molecular flexibility index (Phi) is 2.76. The quantitative estimate of drug-likeness (QED) is 0.653. The van der Waals surface area contributed by atoms with Gasteiger partial charge in [-0.25, -0.2) is 0 Å². The Bertz CT molecular complexity index is 631. The van der Waals surface area contributed by atoms with E-state index in [1.54, 1.807) is 23.9 Å². The van der Waals surface area contributed by atoms with Crippen LogP contribution in [0.5, 0.6) is 11.5 Å². The van der Waals surface area contributed by atoms with Crippen LogP contribution in [0.1, 0.15) is 0 Å². The molecule has 2 aromatic rings. The number of phenols is 1. The Morgan fingerprint density at radius 1 is 1.17 bits per heavy atom. The van der Waals surface area contributed by atoms with Gasteiger partial charge in [0, 0.05) is 20.9 Å². The van der Waals surface area contributed by atoms with Crippen molar-refractivity contribution in [1.82, 2.24) is 0 Å². The van der Waals surface area contributed by atoms with Gasteiger partial charge in [-0.05, 0) is 24.3 Å². The van der Waals surface area contributed by atoms with E-state index in [4.69, 9.17) is 16.3 Å². The molecule has 0 saturated heterocycles. The summed E-state index contributed by atoms with van der Waals surface area (Å²) in [6, 6.07) is 9.16. The average molecular weight is 280 g/mol. The van der Waals surface area contributed by atoms with Crippen molar-refractivity contribution in [3.8, 4) is 11.5 Å². The predicted molar refractivity (Wildman–Crippen MR) is 73.5 cm³/mol. The van der Waals surface area contributed by atoms with E-state index in [-0.39, 0.29) is 5.75 Å². The lowest BCUT2D eigenvalue weighted by Gasteiger charge is -2.21. The third kappa shape index (κ3) is 1.87. The molecule has 3 rings (SSSR count). The highest BCUT2D eigenvalue weighted by Gasteiger charge is 2.18. The predicted octanol–water partition coefficient (Wildman–Crippen LogP) is 4.26. The topological polar surface area (TPSA) is 41.5 Å². The number of nitrogens with one attached hydrogen (secondary N) is 1. The van der Waals surface area contributed by atoms with Crippen molar-refractivity contribution in [2.24, 2.45) is 0 Å². The Morgan fingerprint density at radius 3 is 2.72 bits per heavy atom. The van der Waals surface area contributed by atoms with Crippen LogP contribution in [0.4, 0.5) is 11.4 Å². The summed E-state index contributed by atoms with van der Waals surface area (Å²) in [5, 5.41) is 13.8. The van der Waals surface area contributed by atoms with E-state index in [2.05, 4.69) is 5.32 Å². The largest absolute Gasteiger partial charge is 0.504 e. The van der Waals surface area contributed by atoms with Crippen LogP contribution < -0.4 is 10.1 Å². The van der Waals surface area contributed by atoms with Crippen molar-refractivity contribution < 1.29 is 9.84 Å². The molecule has 0 radical (unpaired) electrons. The van der Waals surface area contributed by atoms with E-state index in [0.29, 0.717) is 10.8 Å². The van der Waals surface area contributed by atoms with Gasteiger partial charge >= 0.3 is 0 Å². The number of halogens is 1. The smallest absolute Gasteiger partial charge is 0.162 e. The van der Waals surface area contributed by atoms with Gasteiger partial charge in [0.05, 0.1) is 18.5 Å². The minimum absolute atomic E-state index is 0.135. The lowest BCUT2D eigenvalue weighted by Crippen LogP contribution is -2.00. The molecule has 0 aromatic heterocycles. The summed E-state index contributed by atoms with van der Waals surface area (Å²) in [7, 11) is 1.53. The van der Waals surface area contributed by atoms with E-state index in [9.17, 15) is 5.11 Å². The van der Waals surface area contributed by atoms with Crippen LogP contribution in [0.15, 0.2) is 40.1 Å². The fraction of sp³-hybridized carbons (Fsp3) is 0.0769. The minimum Gasteiger partial charge on any atom is -0.504 e. The first kappa shape index (κ1) is 11.6. The Morgan fingerprint density at radius 2 is 1.94 bits per heavy atom. The van der Waals surface area contributed by atoms with Gasteiger partial charge in [-0.15, -0.1) is 0 Å². The van der Waals surface area contributed by atoms with Gasteiger partial charge in [-0.1, -0.05) is 23.4 Å². The summed E-state index contributed by atoms with van der Waals surface area (Å²) in [5.74, 6) is 0.593. The second-order valence-electron chi connectivity index (χ2n) is 3.89. The number of benzene rings is 2. The van der Waals surface area contributed by atoms with Crippen LogP contribution in [-0.2, 0) is 0 Å². The van der Waals surface area contributed by atoms with Crippen molar-refractivity contribution in [3.63, 3.8) is 0 Å². The highest BCUT2D eigenvalue weighted by Crippen LogP contribution is 2.48. The van der Waals surface area contributed by atoms with Gasteiger partial charge in [0.1, 0.15) is 0 Å². The zero-order valence-electron chi connectivity index (χ0n) is 9.53. The molecule has 3 nitrogen and oxygen atoms in total. The molecule has 1 aliphatic rings. The monoisotopic (exact) mass is 279 g/mol. The normalized spacial score (nSPS) is 12.3. The van der Waals surface area contributed by atoms with Gasteiger partial charge in [-0.3, -0.25) is 0 Å². The van der Waals surface area contributed by atoms with Crippen LogP contribution in [0.25, 0.3) is 0 Å². The molecule has 0 atom stereocenters. The summed E-state index contributed by atoms with van der Waals surface area (Å²) in [5.41, 5.74) is 1.93. The number of hydrogen-bond donors (Lipinski definition) is 2. The number of fused-ring (bicyclic) bond motifs is 2. The summed E-state index contributed by atoms with van der Waals surface area (Å²) in [4.78, 5) is 1.99. The first-order valence-corrected chi connectivity index (χ1v) is 6.52. The van der Waals surface area contributed by atoms with E-state index in [1.165, 1.54) is 7.11 Å². The lowest BCUT2D eigenvalue weighted by atomic mass is 10.2. The number of rotatable bonds is 1. The molecule has 92 valence electrons. The molecule has 1 aliphatic heterocycles. The van der Waals surface area contributed by atoms with Crippen LogP contribution in [0.2, 0.25) is 5.02 Å². The molecule has 18 heavy (non-hydrogen) atoms. The van der Waals surface area contributed by atoms with Gasteiger partial charge in [0.15, 0.2) is 11.5 Å². The molecule has 5 heteroatoms. The number of ether oxygens (including phenoxy) is 1. The first-order chi connectivity index (χ1) is 8.67. The fourth-order valence-corrected chi connectivity index (χ4v) is 3.12. The molecule has 2 aromatic carbocycles. The minimum atomic E-state index is 0.135. The summed E-state index contributed by atoms with van der Waals surface area (Å²) >= 11 is 7.54. The molecule has 1 heterocycles. The number of anilines is 2. The van der Waals surface area contributed by atoms with Crippen molar-refractivity contribution in [2.75, 3.05) is 12.4 Å². The van der Waals surface area contributed by atoms with E-state index in [1.807, 2.05) is 18.2 Å². The maximum Gasteiger partial charge on any atom is 0.162 e. The summed E-state index contributed by atoms with van der Waals surface area (Å²) < 4.78 is 5.10. The molecule has 0 saturated carbocycles. The molecule has 0 bridgehead atoms. The van der Waals surface area contributed by atoms with E-state index in [0.717, 1.165) is 21.2 Å². The Labute approximate surface area is 114 Å². The van der Waals surface area contributed by atoms with Gasteiger partial charge in [0.2, 0.25) is 0 Å². The van der Waals surface area contributed by atoms with E-state index >= 15 is 0 Å². The number of aromatic hydroxyl groups is 1. The van der Waals surface area contributed by atoms with Crippen LogP contribution in [0.3, 0.4) is 0 Å². The number of methoxy groups -OCH3 is 1. The zero-order chi connectivity index (χ0) is 12.7. The Hall–Kier alpha value is -1.52. The summed E-state index contributed by atoms with van der Waals surface area (Å²) in [6.07, 6.45) is 0. The third-order valence-electron chi connectivity index (χ3n) is 2.71. The lowest BCUT2D eigenvalue weighted by molar-refractivity contribution is 0.373. The standard InChI is InChI=1S/C13H10ClNO2S/c1-17-11-5-9-13(6-10(11)16)18-12-4-7(14)2-3-8(12)15-9/h2-6,15-16H,1H3. The maximum absolute atomic E-state index is 9.78. The molecule has 0 unspecified atom stereocenters. The van der Waals surface area contributed by atoms with Crippen LogP contribution in [0, 0.1) is 0 Å². The van der Waals surface area contributed by atoms with Crippen LogP contribution in [-0.4, -0.2) is 12.2 Å². The first-order valence-electron chi connectivity index (χ1n) is 5.33. The molecule has 0 fully saturated rings. The summed E-state index contributed by atoms with van der Waals surface area (Å²) in [6.45, 7) is 0. The highest BCUT2D eigenvalue weighted by atomic mass is 35.5. The second-order valence-corrected chi connectivity index (χ2v) is 5.41. The molecule has 2 N–H and O–H groups in total. The fourth-order valence-electron chi connectivity index (χ4n) is 1.84. The van der Waals surface area contributed by atoms with Crippen LogP contribution >= 0.6 is 23.4 Å². The third-order valence-corrected chi connectivity index (χ3v) is 4.06. The van der Waals surface area contributed by atoms with Crippen molar-refractivity contribution in [1.29, 1.82) is 0 Å². The molecular formula is C13H10ClNO2S. The number of phenolic OH excluding ortho intramolecular Hbond substituents is 1. The van der Waals surface area contributed by atoms with Gasteiger partial charge in [0.25, 0.3) is 0 Å². The van der Waals surface area contributed by atoms with Crippen molar-refractivity contribution >= 4 is 34.7 Å². The van der Waals surface area contributed by atoms with Crippen molar-refractivity contribution in [2.45, 2.75) is 9.79 Å². The average Bonchev–Trinajstić information content (AvgIpc) is 2.35. The van der Waals surface area contributed by atoms with Crippen molar-refractivity contribution in [3.05, 3.63) is 35.4 Å². The SMILES string of the molecule is COc1cc2c(cc1O)Sc1cc(Cl)ccc1N2. The molecule has 0 aliphatic carbocycles. The Balaban J connectivity index is 2.08.